The van der Waals surface area contributed by atoms with Crippen molar-refractivity contribution in [2.75, 3.05) is 11.9 Å². The number of ether oxygens (including phenoxy) is 1. The van der Waals surface area contributed by atoms with Gasteiger partial charge in [-0.05, 0) is 49.7 Å². The normalized spacial score (nSPS) is 24.8. The molecule has 118 valence electrons. The second kappa shape index (κ2) is 6.97. The maximum atomic E-state index is 6.23. The zero-order valence-corrected chi connectivity index (χ0v) is 14.3. The van der Waals surface area contributed by atoms with Gasteiger partial charge in [-0.2, -0.15) is 0 Å². The van der Waals surface area contributed by atoms with Crippen LogP contribution in [0, 0.1) is 11.3 Å². The van der Waals surface area contributed by atoms with Crippen LogP contribution in [0.4, 0.5) is 5.82 Å². The molecule has 2 unspecified atom stereocenters. The number of rotatable bonds is 5. The maximum Gasteiger partial charge on any atom is 0.126 e. The van der Waals surface area contributed by atoms with Crippen LogP contribution in [-0.4, -0.2) is 17.6 Å². The molecule has 1 aromatic heterocycles. The van der Waals surface area contributed by atoms with Gasteiger partial charge in [0.15, 0.2) is 0 Å². The number of halogens is 1. The van der Waals surface area contributed by atoms with Gasteiger partial charge in [-0.25, -0.2) is 4.98 Å². The predicted octanol–water partition coefficient (Wildman–Crippen LogP) is 4.90. The van der Waals surface area contributed by atoms with Crippen LogP contribution in [0.5, 0.6) is 0 Å². The SMILES string of the molecule is CCNc1ccc(Cl)c(COC2CC(C)CC(C)(C)C2)n1. The molecule has 2 atom stereocenters. The second-order valence-corrected chi connectivity index (χ2v) is 7.41. The standard InChI is InChI=1S/C17H27ClN2O/c1-5-19-16-7-6-14(18)15(20-16)11-21-13-8-12(2)9-17(3,4)10-13/h6-7,12-13H,5,8-11H2,1-4H3,(H,19,20). The molecule has 1 aliphatic rings. The number of hydrogen-bond acceptors (Lipinski definition) is 3. The molecule has 0 spiro atoms. The van der Waals surface area contributed by atoms with Gasteiger partial charge in [0.1, 0.15) is 5.82 Å². The Bertz CT molecular complexity index is 476. The summed E-state index contributed by atoms with van der Waals surface area (Å²) in [6.07, 6.45) is 3.84. The van der Waals surface area contributed by atoms with E-state index in [2.05, 4.69) is 38.0 Å². The fraction of sp³-hybridized carbons (Fsp3) is 0.706. The molecule has 1 N–H and O–H groups in total. The van der Waals surface area contributed by atoms with Crippen molar-refractivity contribution in [2.45, 2.75) is 59.7 Å². The Kier molecular flexibility index (Phi) is 5.50. The molecule has 21 heavy (non-hydrogen) atoms. The Hall–Kier alpha value is -0.800. The smallest absolute Gasteiger partial charge is 0.126 e. The van der Waals surface area contributed by atoms with Crippen LogP contribution in [0.1, 0.15) is 52.7 Å². The summed E-state index contributed by atoms with van der Waals surface area (Å²) >= 11 is 6.23. The van der Waals surface area contributed by atoms with Crippen molar-refractivity contribution in [1.82, 2.24) is 4.98 Å². The third-order valence-electron chi connectivity index (χ3n) is 4.08. The number of nitrogens with zero attached hydrogens (tertiary/aromatic N) is 1. The lowest BCUT2D eigenvalue weighted by Gasteiger charge is -2.38. The third kappa shape index (κ3) is 4.86. The first-order valence-electron chi connectivity index (χ1n) is 7.90. The lowest BCUT2D eigenvalue weighted by Crippen LogP contribution is -2.32. The van der Waals surface area contributed by atoms with Crippen molar-refractivity contribution in [2.24, 2.45) is 11.3 Å². The number of pyridine rings is 1. The molecule has 1 heterocycles. The van der Waals surface area contributed by atoms with Gasteiger partial charge in [0, 0.05) is 6.54 Å². The minimum Gasteiger partial charge on any atom is -0.372 e. The zero-order chi connectivity index (χ0) is 15.5. The van der Waals surface area contributed by atoms with E-state index in [0.29, 0.717) is 23.1 Å². The molecule has 0 aliphatic heterocycles. The van der Waals surface area contributed by atoms with Crippen LogP contribution in [0.25, 0.3) is 0 Å². The van der Waals surface area contributed by atoms with Gasteiger partial charge in [-0.15, -0.1) is 0 Å². The van der Waals surface area contributed by atoms with Crippen LogP contribution in [0.3, 0.4) is 0 Å². The molecule has 1 aromatic rings. The highest BCUT2D eigenvalue weighted by Crippen LogP contribution is 2.40. The third-order valence-corrected chi connectivity index (χ3v) is 4.42. The van der Waals surface area contributed by atoms with Gasteiger partial charge in [0.25, 0.3) is 0 Å². The van der Waals surface area contributed by atoms with E-state index in [1.54, 1.807) is 0 Å². The topological polar surface area (TPSA) is 34.1 Å². The van der Waals surface area contributed by atoms with Crippen molar-refractivity contribution in [1.29, 1.82) is 0 Å². The van der Waals surface area contributed by atoms with E-state index in [9.17, 15) is 0 Å². The summed E-state index contributed by atoms with van der Waals surface area (Å²) in [6, 6.07) is 3.79. The number of aromatic nitrogens is 1. The highest BCUT2D eigenvalue weighted by atomic mass is 35.5. The summed E-state index contributed by atoms with van der Waals surface area (Å²) in [4.78, 5) is 4.53. The summed E-state index contributed by atoms with van der Waals surface area (Å²) in [5.41, 5.74) is 1.19. The maximum absolute atomic E-state index is 6.23. The van der Waals surface area contributed by atoms with E-state index in [-0.39, 0.29) is 0 Å². The Balaban J connectivity index is 1.97. The molecule has 2 rings (SSSR count). The van der Waals surface area contributed by atoms with E-state index < -0.39 is 0 Å². The molecule has 1 aliphatic carbocycles. The summed E-state index contributed by atoms with van der Waals surface area (Å²) in [5.74, 6) is 1.58. The van der Waals surface area contributed by atoms with Gasteiger partial charge in [-0.3, -0.25) is 0 Å². The van der Waals surface area contributed by atoms with E-state index in [1.165, 1.54) is 6.42 Å². The molecule has 0 bridgehead atoms. The van der Waals surface area contributed by atoms with Crippen LogP contribution in [-0.2, 0) is 11.3 Å². The van der Waals surface area contributed by atoms with E-state index >= 15 is 0 Å². The average Bonchev–Trinajstić information content (AvgIpc) is 2.37. The highest BCUT2D eigenvalue weighted by molar-refractivity contribution is 6.31. The molecule has 3 nitrogen and oxygen atoms in total. The molecule has 1 saturated carbocycles. The van der Waals surface area contributed by atoms with Crippen molar-refractivity contribution >= 4 is 17.4 Å². The van der Waals surface area contributed by atoms with Crippen molar-refractivity contribution in [3.63, 3.8) is 0 Å². The minimum absolute atomic E-state index is 0.310. The summed E-state index contributed by atoms with van der Waals surface area (Å²) in [7, 11) is 0. The summed E-state index contributed by atoms with van der Waals surface area (Å²) in [5, 5.41) is 3.89. The lowest BCUT2D eigenvalue weighted by atomic mass is 9.71. The summed E-state index contributed by atoms with van der Waals surface area (Å²) < 4.78 is 6.11. The molecular formula is C17H27ClN2O. The molecule has 0 saturated heterocycles. The number of anilines is 1. The summed E-state index contributed by atoms with van der Waals surface area (Å²) in [6.45, 7) is 10.4. The molecule has 0 radical (unpaired) electrons. The second-order valence-electron chi connectivity index (χ2n) is 7.00. The minimum atomic E-state index is 0.310. The fourth-order valence-electron chi connectivity index (χ4n) is 3.45. The van der Waals surface area contributed by atoms with E-state index in [1.807, 2.05) is 12.1 Å². The first-order chi connectivity index (χ1) is 9.89. The first-order valence-corrected chi connectivity index (χ1v) is 8.28. The average molecular weight is 311 g/mol. The molecule has 0 aromatic carbocycles. The fourth-order valence-corrected chi connectivity index (χ4v) is 3.61. The van der Waals surface area contributed by atoms with Crippen molar-refractivity contribution in [3.05, 3.63) is 22.8 Å². The van der Waals surface area contributed by atoms with Gasteiger partial charge < -0.3 is 10.1 Å². The Morgan fingerprint density at radius 2 is 2.14 bits per heavy atom. The van der Waals surface area contributed by atoms with Crippen molar-refractivity contribution in [3.8, 4) is 0 Å². The van der Waals surface area contributed by atoms with Gasteiger partial charge in [-0.1, -0.05) is 32.4 Å². The Morgan fingerprint density at radius 3 is 2.81 bits per heavy atom. The van der Waals surface area contributed by atoms with Gasteiger partial charge in [0.2, 0.25) is 0 Å². The van der Waals surface area contributed by atoms with Gasteiger partial charge in [0.05, 0.1) is 23.4 Å². The number of hydrogen-bond donors (Lipinski definition) is 1. The van der Waals surface area contributed by atoms with Crippen molar-refractivity contribution < 1.29 is 4.74 Å². The van der Waals surface area contributed by atoms with Crippen LogP contribution in [0.15, 0.2) is 12.1 Å². The molecule has 0 amide bonds. The Labute approximate surface area is 133 Å². The Morgan fingerprint density at radius 1 is 1.38 bits per heavy atom. The van der Waals surface area contributed by atoms with Gasteiger partial charge >= 0.3 is 0 Å². The largest absolute Gasteiger partial charge is 0.372 e. The predicted molar refractivity (Wildman–Crippen MR) is 88.8 cm³/mol. The molecule has 4 heteroatoms. The van der Waals surface area contributed by atoms with Crippen LogP contribution in [0.2, 0.25) is 5.02 Å². The first kappa shape index (κ1) is 16.6. The lowest BCUT2D eigenvalue weighted by molar-refractivity contribution is -0.0326. The monoisotopic (exact) mass is 310 g/mol. The quantitative estimate of drug-likeness (QED) is 0.840. The molecular weight excluding hydrogens is 284 g/mol. The van der Waals surface area contributed by atoms with E-state index in [0.717, 1.165) is 36.8 Å². The van der Waals surface area contributed by atoms with Crippen LogP contribution >= 0.6 is 11.6 Å². The van der Waals surface area contributed by atoms with E-state index in [4.69, 9.17) is 16.3 Å². The zero-order valence-electron chi connectivity index (χ0n) is 13.6. The number of nitrogens with one attached hydrogen (secondary N) is 1. The van der Waals surface area contributed by atoms with Crippen LogP contribution < -0.4 is 5.32 Å². The highest BCUT2D eigenvalue weighted by Gasteiger charge is 2.32. The molecule has 1 fully saturated rings.